The number of carbonyl (C=O) groups excluding carboxylic acids is 2. The summed E-state index contributed by atoms with van der Waals surface area (Å²) in [6.07, 6.45) is 1.58. The summed E-state index contributed by atoms with van der Waals surface area (Å²) in [4.78, 5) is 38.2. The van der Waals surface area contributed by atoms with Gasteiger partial charge in [0.25, 0.3) is 5.91 Å². The molecule has 5 aromatic rings. The summed E-state index contributed by atoms with van der Waals surface area (Å²) in [5, 5.41) is 28.5. The van der Waals surface area contributed by atoms with Crippen molar-refractivity contribution in [2.45, 2.75) is 19.4 Å². The summed E-state index contributed by atoms with van der Waals surface area (Å²) >= 11 is 0. The number of esters is 1. The fraction of sp³-hybridized carbons (Fsp3) is 0.214. The van der Waals surface area contributed by atoms with Crippen molar-refractivity contribution in [1.82, 2.24) is 4.90 Å². The molecule has 13 nitrogen and oxygen atoms in total. The Hall–Kier alpha value is -6.89. The Morgan fingerprint density at radius 1 is 0.600 bits per heavy atom. The molecule has 0 saturated heterocycles. The van der Waals surface area contributed by atoms with Gasteiger partial charge in [-0.2, -0.15) is 0 Å². The second-order valence-corrected chi connectivity index (χ2v) is 11.8. The molecule has 0 bridgehead atoms. The molecule has 0 heterocycles. The average molecular weight is 754 g/mol. The number of aromatic hydroxyl groups is 2. The van der Waals surface area contributed by atoms with Crippen molar-refractivity contribution in [2.24, 2.45) is 0 Å². The van der Waals surface area contributed by atoms with Crippen LogP contribution in [0.15, 0.2) is 103 Å². The van der Waals surface area contributed by atoms with Crippen LogP contribution in [0, 0.1) is 0 Å². The van der Waals surface area contributed by atoms with Gasteiger partial charge < -0.3 is 48.6 Å². The largest absolute Gasteiger partial charge is 0.502 e. The maximum atomic E-state index is 13.7. The number of carboxylic acid groups (broad SMARTS) is 1. The van der Waals surface area contributed by atoms with Gasteiger partial charge >= 0.3 is 11.9 Å². The summed E-state index contributed by atoms with van der Waals surface area (Å²) < 4.78 is 30.9. The number of para-hydroxylation sites is 1. The Morgan fingerprint density at radius 3 is 1.62 bits per heavy atom. The van der Waals surface area contributed by atoms with Crippen LogP contribution in [0.3, 0.4) is 0 Å². The second-order valence-electron chi connectivity index (χ2n) is 11.8. The number of nitrogens with zero attached hydrogens (tertiary/aromatic N) is 1. The number of carbonyl (C=O) groups is 3. The number of amides is 1. The number of benzene rings is 5. The number of phenols is 2. The number of phenolic OH excluding ortho intramolecular Hbond substituents is 2. The van der Waals surface area contributed by atoms with Crippen molar-refractivity contribution < 1.29 is 58.1 Å². The van der Waals surface area contributed by atoms with E-state index in [1.807, 2.05) is 30.3 Å². The molecular weight excluding hydrogens is 710 g/mol. The minimum absolute atomic E-state index is 0.00324. The van der Waals surface area contributed by atoms with Crippen molar-refractivity contribution in [3.8, 4) is 46.0 Å². The fourth-order valence-corrected chi connectivity index (χ4v) is 5.43. The third kappa shape index (κ3) is 10.8. The smallest absolute Gasteiger partial charge is 0.341 e. The molecule has 0 aliphatic heterocycles. The van der Waals surface area contributed by atoms with E-state index in [9.17, 15) is 24.6 Å². The lowest BCUT2D eigenvalue weighted by atomic mass is 10.1. The van der Waals surface area contributed by atoms with Gasteiger partial charge in [-0.3, -0.25) is 4.79 Å². The monoisotopic (exact) mass is 753 g/mol. The molecule has 0 aliphatic carbocycles. The standard InChI is InChI=1S/C33H33NO7.C9H10O5/c1-38-29-20-25(21-30(39-2)31(29)35)32(36)34(19-9-12-23-10-5-4-6-11-23)22-24-15-17-26(18-16-24)41-28-14-8-7-13-27(28)33(37)40-3;1-13-6-3-5(9(11)12)4-7(14-2)8(6)10/h4-8,10-11,13-18,20-21,35H,9,12,19,22H2,1-3H3;3-4,10H,1-2H3,(H,11,12). The highest BCUT2D eigenvalue weighted by molar-refractivity contribution is 5.96. The van der Waals surface area contributed by atoms with E-state index in [1.54, 1.807) is 41.3 Å². The molecule has 5 rings (SSSR count). The van der Waals surface area contributed by atoms with Crippen LogP contribution in [0.1, 0.15) is 48.6 Å². The zero-order valence-electron chi connectivity index (χ0n) is 31.1. The number of hydrogen-bond acceptors (Lipinski definition) is 11. The fourth-order valence-electron chi connectivity index (χ4n) is 5.43. The van der Waals surface area contributed by atoms with Gasteiger partial charge in [0.15, 0.2) is 23.0 Å². The van der Waals surface area contributed by atoms with Gasteiger partial charge in [0.05, 0.1) is 41.1 Å². The summed E-state index contributed by atoms with van der Waals surface area (Å²) in [5.41, 5.74) is 2.76. The van der Waals surface area contributed by atoms with Crippen LogP contribution in [-0.2, 0) is 17.7 Å². The Balaban J connectivity index is 0.000000404. The molecule has 0 saturated carbocycles. The predicted octanol–water partition coefficient (Wildman–Crippen LogP) is 7.37. The predicted molar refractivity (Wildman–Crippen MR) is 203 cm³/mol. The zero-order chi connectivity index (χ0) is 39.9. The van der Waals surface area contributed by atoms with Crippen LogP contribution in [0.4, 0.5) is 0 Å². The van der Waals surface area contributed by atoms with Crippen LogP contribution in [-0.4, -0.2) is 80.2 Å². The minimum atomic E-state index is -1.11. The van der Waals surface area contributed by atoms with E-state index in [-0.39, 0.29) is 46.0 Å². The van der Waals surface area contributed by atoms with E-state index in [4.69, 9.17) is 33.5 Å². The second kappa shape index (κ2) is 19.8. The summed E-state index contributed by atoms with van der Waals surface area (Å²) in [7, 11) is 6.84. The topological polar surface area (TPSA) is 171 Å². The molecular formula is C42H43NO12. The van der Waals surface area contributed by atoms with Gasteiger partial charge in [-0.1, -0.05) is 54.6 Å². The zero-order valence-corrected chi connectivity index (χ0v) is 31.1. The van der Waals surface area contributed by atoms with Crippen LogP contribution >= 0.6 is 0 Å². The molecule has 13 heteroatoms. The summed E-state index contributed by atoms with van der Waals surface area (Å²) in [6, 6.07) is 29.8. The number of carboxylic acids is 1. The molecule has 288 valence electrons. The van der Waals surface area contributed by atoms with Crippen LogP contribution in [0.5, 0.6) is 46.0 Å². The van der Waals surface area contributed by atoms with E-state index < -0.39 is 11.9 Å². The molecule has 0 atom stereocenters. The molecule has 3 N–H and O–H groups in total. The van der Waals surface area contributed by atoms with Crippen LogP contribution < -0.4 is 23.7 Å². The molecule has 0 aromatic heterocycles. The molecule has 0 unspecified atom stereocenters. The van der Waals surface area contributed by atoms with Gasteiger partial charge in [0.2, 0.25) is 11.5 Å². The molecule has 0 aliphatic rings. The number of hydrogen-bond donors (Lipinski definition) is 3. The lowest BCUT2D eigenvalue weighted by molar-refractivity contribution is 0.0596. The Labute approximate surface area is 318 Å². The first-order chi connectivity index (χ1) is 26.5. The Kier molecular flexibility index (Phi) is 14.7. The first-order valence-corrected chi connectivity index (χ1v) is 16.9. The van der Waals surface area contributed by atoms with Gasteiger partial charge in [-0.25, -0.2) is 9.59 Å². The SMILES string of the molecule is COC(=O)c1ccccc1Oc1ccc(CN(CCCc2ccccc2)C(=O)c2cc(OC)c(O)c(OC)c2)cc1.COc1cc(C(=O)O)cc(OC)c1O. The number of rotatable bonds is 15. The normalized spacial score (nSPS) is 10.3. The number of ether oxygens (including phenoxy) is 6. The average Bonchev–Trinajstić information content (AvgIpc) is 3.21. The first kappa shape index (κ1) is 40.9. The van der Waals surface area contributed by atoms with E-state index in [1.165, 1.54) is 65.4 Å². The lowest BCUT2D eigenvalue weighted by Gasteiger charge is -2.24. The maximum Gasteiger partial charge on any atom is 0.341 e. The Bertz CT molecular complexity index is 2020. The van der Waals surface area contributed by atoms with E-state index in [2.05, 4.69) is 12.1 Å². The number of aromatic carboxylic acids is 1. The van der Waals surface area contributed by atoms with Gasteiger partial charge in [-0.15, -0.1) is 0 Å². The van der Waals surface area contributed by atoms with Crippen molar-refractivity contribution in [3.05, 3.63) is 131 Å². The first-order valence-electron chi connectivity index (χ1n) is 16.9. The van der Waals surface area contributed by atoms with E-state index >= 15 is 0 Å². The number of aryl methyl sites for hydroxylation is 1. The molecule has 1 amide bonds. The van der Waals surface area contributed by atoms with Gasteiger partial charge in [0.1, 0.15) is 17.1 Å². The van der Waals surface area contributed by atoms with Crippen LogP contribution in [0.2, 0.25) is 0 Å². The van der Waals surface area contributed by atoms with Gasteiger partial charge in [-0.05, 0) is 72.5 Å². The Morgan fingerprint density at radius 2 is 1.11 bits per heavy atom. The number of methoxy groups -OCH3 is 5. The summed E-state index contributed by atoms with van der Waals surface area (Å²) in [5.74, 6) is -0.792. The van der Waals surface area contributed by atoms with Crippen molar-refractivity contribution in [2.75, 3.05) is 42.1 Å². The molecule has 55 heavy (non-hydrogen) atoms. The van der Waals surface area contributed by atoms with Gasteiger partial charge in [0, 0.05) is 18.7 Å². The van der Waals surface area contributed by atoms with Crippen molar-refractivity contribution in [3.63, 3.8) is 0 Å². The quantitative estimate of drug-likeness (QED) is 0.0909. The molecule has 0 fully saturated rings. The lowest BCUT2D eigenvalue weighted by Crippen LogP contribution is -2.32. The third-order valence-corrected chi connectivity index (χ3v) is 8.29. The van der Waals surface area contributed by atoms with Crippen molar-refractivity contribution in [1.29, 1.82) is 0 Å². The molecule has 0 spiro atoms. The van der Waals surface area contributed by atoms with Crippen molar-refractivity contribution >= 4 is 17.8 Å². The molecule has 5 aromatic carbocycles. The maximum absolute atomic E-state index is 13.7. The summed E-state index contributed by atoms with van der Waals surface area (Å²) in [6.45, 7) is 0.849. The van der Waals surface area contributed by atoms with E-state index in [0.29, 0.717) is 35.7 Å². The van der Waals surface area contributed by atoms with Crippen LogP contribution in [0.25, 0.3) is 0 Å². The van der Waals surface area contributed by atoms with E-state index in [0.717, 1.165) is 18.4 Å². The highest BCUT2D eigenvalue weighted by Gasteiger charge is 2.21. The molecule has 0 radical (unpaired) electrons. The minimum Gasteiger partial charge on any atom is -0.502 e. The highest BCUT2D eigenvalue weighted by Crippen LogP contribution is 2.38. The highest BCUT2D eigenvalue weighted by atomic mass is 16.5. The third-order valence-electron chi connectivity index (χ3n) is 8.29.